The number of nitrogens with one attached hydrogen (secondary N) is 1. The van der Waals surface area contributed by atoms with Gasteiger partial charge in [0.2, 0.25) is 0 Å². The van der Waals surface area contributed by atoms with Gasteiger partial charge < -0.3 is 14.0 Å². The molecule has 4 aromatic rings. The van der Waals surface area contributed by atoms with E-state index >= 15 is 0 Å². The molecule has 0 aliphatic carbocycles. The minimum atomic E-state index is -0.531. The SMILES string of the molecule is CCc1nc(-c2ccc(Cl)cc2OC)sc1COC(=O)Nc1ccc2c(c1)ncn2C. The van der Waals surface area contributed by atoms with Crippen LogP contribution >= 0.6 is 22.9 Å². The topological polar surface area (TPSA) is 78.3 Å². The van der Waals surface area contributed by atoms with Crippen molar-refractivity contribution >= 4 is 45.8 Å². The predicted octanol–water partition coefficient (Wildman–Crippen LogP) is 5.67. The number of anilines is 1. The standard InChI is InChI=1S/C22H21ClN4O3S/c1-4-16-20(31-21(26-16)15-7-5-13(23)9-19(15)29-3)11-30-22(28)25-14-6-8-18-17(10-14)24-12-27(18)2/h5-10,12H,4,11H2,1-3H3,(H,25,28). The van der Waals surface area contributed by atoms with Crippen molar-refractivity contribution in [2.45, 2.75) is 20.0 Å². The second-order valence-electron chi connectivity index (χ2n) is 6.85. The van der Waals surface area contributed by atoms with E-state index in [2.05, 4.69) is 10.3 Å². The van der Waals surface area contributed by atoms with Gasteiger partial charge in [-0.1, -0.05) is 18.5 Å². The number of nitrogens with zero attached hydrogens (tertiary/aromatic N) is 3. The van der Waals surface area contributed by atoms with Gasteiger partial charge in [-0.15, -0.1) is 11.3 Å². The Morgan fingerprint density at radius 1 is 1.26 bits per heavy atom. The van der Waals surface area contributed by atoms with Gasteiger partial charge in [0.25, 0.3) is 0 Å². The zero-order valence-corrected chi connectivity index (χ0v) is 18.9. The first-order valence-electron chi connectivity index (χ1n) is 9.65. The number of hydrogen-bond donors (Lipinski definition) is 1. The van der Waals surface area contributed by atoms with E-state index in [0.717, 1.165) is 38.6 Å². The van der Waals surface area contributed by atoms with Crippen molar-refractivity contribution in [1.29, 1.82) is 0 Å². The molecule has 1 amide bonds. The molecular formula is C22H21ClN4O3S. The molecule has 2 heterocycles. The molecule has 7 nitrogen and oxygen atoms in total. The van der Waals surface area contributed by atoms with Crippen LogP contribution in [0.2, 0.25) is 5.02 Å². The monoisotopic (exact) mass is 456 g/mol. The molecule has 1 N–H and O–H groups in total. The number of thiazole rings is 1. The van der Waals surface area contributed by atoms with Crippen molar-refractivity contribution in [3.63, 3.8) is 0 Å². The van der Waals surface area contributed by atoms with Crippen molar-refractivity contribution in [3.8, 4) is 16.3 Å². The first-order chi connectivity index (χ1) is 15.0. The highest BCUT2D eigenvalue weighted by Crippen LogP contribution is 2.36. The molecule has 0 fully saturated rings. The van der Waals surface area contributed by atoms with Crippen LogP contribution in [0.3, 0.4) is 0 Å². The summed E-state index contributed by atoms with van der Waals surface area (Å²) in [4.78, 5) is 22.2. The van der Waals surface area contributed by atoms with E-state index in [4.69, 9.17) is 26.1 Å². The highest BCUT2D eigenvalue weighted by Gasteiger charge is 2.16. The maximum absolute atomic E-state index is 12.3. The summed E-state index contributed by atoms with van der Waals surface area (Å²) >= 11 is 7.54. The normalized spacial score (nSPS) is 11.0. The molecule has 2 aromatic carbocycles. The van der Waals surface area contributed by atoms with Crippen LogP contribution in [-0.2, 0) is 24.8 Å². The number of imidazole rings is 1. The largest absolute Gasteiger partial charge is 0.496 e. The van der Waals surface area contributed by atoms with Crippen LogP contribution in [0.4, 0.5) is 10.5 Å². The number of fused-ring (bicyclic) bond motifs is 1. The molecule has 0 spiro atoms. The van der Waals surface area contributed by atoms with Crippen LogP contribution < -0.4 is 10.1 Å². The number of halogens is 1. The van der Waals surface area contributed by atoms with Crippen molar-refractivity contribution < 1.29 is 14.3 Å². The Labute approximate surface area is 188 Å². The van der Waals surface area contributed by atoms with Crippen molar-refractivity contribution in [1.82, 2.24) is 14.5 Å². The molecule has 31 heavy (non-hydrogen) atoms. The Morgan fingerprint density at radius 3 is 2.87 bits per heavy atom. The highest BCUT2D eigenvalue weighted by atomic mass is 35.5. The molecule has 0 atom stereocenters. The van der Waals surface area contributed by atoms with Crippen LogP contribution in [0.1, 0.15) is 17.5 Å². The summed E-state index contributed by atoms with van der Waals surface area (Å²) in [5.74, 6) is 0.652. The zero-order valence-electron chi connectivity index (χ0n) is 17.3. The first kappa shape index (κ1) is 21.1. The maximum atomic E-state index is 12.3. The summed E-state index contributed by atoms with van der Waals surface area (Å²) in [5.41, 5.74) is 4.16. The summed E-state index contributed by atoms with van der Waals surface area (Å²) in [6.07, 6.45) is 1.93. The molecule has 2 aromatic heterocycles. The van der Waals surface area contributed by atoms with Gasteiger partial charge in [-0.05, 0) is 42.8 Å². The number of amides is 1. The third-order valence-corrected chi connectivity index (χ3v) is 6.15. The first-order valence-corrected chi connectivity index (χ1v) is 10.8. The van der Waals surface area contributed by atoms with E-state index in [0.29, 0.717) is 16.5 Å². The lowest BCUT2D eigenvalue weighted by Gasteiger charge is -2.07. The molecule has 4 rings (SSSR count). The van der Waals surface area contributed by atoms with Gasteiger partial charge in [-0.3, -0.25) is 5.32 Å². The molecule has 0 aliphatic heterocycles. The van der Waals surface area contributed by atoms with E-state index in [9.17, 15) is 4.79 Å². The molecule has 0 bridgehead atoms. The maximum Gasteiger partial charge on any atom is 0.411 e. The summed E-state index contributed by atoms with van der Waals surface area (Å²) in [6, 6.07) is 11.0. The van der Waals surface area contributed by atoms with Gasteiger partial charge in [0.1, 0.15) is 17.4 Å². The molecule has 0 radical (unpaired) electrons. The number of methoxy groups -OCH3 is 1. The lowest BCUT2D eigenvalue weighted by Crippen LogP contribution is -2.13. The van der Waals surface area contributed by atoms with Crippen molar-refractivity contribution in [2.24, 2.45) is 7.05 Å². The second-order valence-corrected chi connectivity index (χ2v) is 8.37. The summed E-state index contributed by atoms with van der Waals surface area (Å²) in [7, 11) is 3.52. The molecular weight excluding hydrogens is 436 g/mol. The number of ether oxygens (including phenoxy) is 2. The number of rotatable bonds is 6. The molecule has 0 aliphatic rings. The highest BCUT2D eigenvalue weighted by molar-refractivity contribution is 7.15. The van der Waals surface area contributed by atoms with Gasteiger partial charge in [0, 0.05) is 17.8 Å². The Hall–Kier alpha value is -3.10. The molecule has 0 saturated heterocycles. The fraction of sp³-hybridized carbons (Fsp3) is 0.227. The summed E-state index contributed by atoms with van der Waals surface area (Å²) in [6.45, 7) is 2.15. The number of carbonyl (C=O) groups excluding carboxylic acids is 1. The fourth-order valence-electron chi connectivity index (χ4n) is 3.23. The van der Waals surface area contributed by atoms with Crippen LogP contribution in [0, 0.1) is 0 Å². The average molecular weight is 457 g/mol. The zero-order chi connectivity index (χ0) is 22.0. The number of benzene rings is 2. The van der Waals surface area contributed by atoms with Gasteiger partial charge in [0.05, 0.1) is 40.6 Å². The molecule has 0 saturated carbocycles. The van der Waals surface area contributed by atoms with Crippen molar-refractivity contribution in [2.75, 3.05) is 12.4 Å². The van der Waals surface area contributed by atoms with Gasteiger partial charge >= 0.3 is 6.09 Å². The van der Waals surface area contributed by atoms with E-state index < -0.39 is 6.09 Å². The van der Waals surface area contributed by atoms with Crippen LogP contribution in [-0.4, -0.2) is 27.7 Å². The molecule has 0 unspecified atom stereocenters. The van der Waals surface area contributed by atoms with E-state index in [1.54, 1.807) is 25.6 Å². The van der Waals surface area contributed by atoms with Crippen LogP contribution in [0.5, 0.6) is 5.75 Å². The minimum absolute atomic E-state index is 0.133. The predicted molar refractivity (Wildman–Crippen MR) is 123 cm³/mol. The summed E-state index contributed by atoms with van der Waals surface area (Å²) in [5, 5.41) is 4.14. The Bertz CT molecular complexity index is 1250. The lowest BCUT2D eigenvalue weighted by atomic mass is 10.2. The van der Waals surface area contributed by atoms with Crippen molar-refractivity contribution in [3.05, 3.63) is 58.3 Å². The number of hydrogen-bond acceptors (Lipinski definition) is 6. The smallest absolute Gasteiger partial charge is 0.411 e. The van der Waals surface area contributed by atoms with Gasteiger partial charge in [-0.25, -0.2) is 14.8 Å². The summed E-state index contributed by atoms with van der Waals surface area (Å²) < 4.78 is 12.8. The van der Waals surface area contributed by atoms with Gasteiger partial charge in [0.15, 0.2) is 0 Å². The van der Waals surface area contributed by atoms with E-state index in [1.807, 2.05) is 42.8 Å². The quantitative estimate of drug-likeness (QED) is 0.404. The van der Waals surface area contributed by atoms with E-state index in [1.165, 1.54) is 11.3 Å². The molecule has 9 heteroatoms. The third-order valence-electron chi connectivity index (χ3n) is 4.81. The van der Waals surface area contributed by atoms with Crippen LogP contribution in [0.15, 0.2) is 42.7 Å². The second kappa shape index (κ2) is 8.95. The number of aromatic nitrogens is 3. The van der Waals surface area contributed by atoms with Crippen LogP contribution in [0.25, 0.3) is 21.6 Å². The Morgan fingerprint density at radius 2 is 2.10 bits per heavy atom. The number of aryl methyl sites for hydroxylation is 2. The Balaban J connectivity index is 1.47. The fourth-order valence-corrected chi connectivity index (χ4v) is 4.48. The Kier molecular flexibility index (Phi) is 6.11. The third kappa shape index (κ3) is 4.50. The minimum Gasteiger partial charge on any atom is -0.496 e. The number of carbonyl (C=O) groups is 1. The average Bonchev–Trinajstić information content (AvgIpc) is 3.35. The van der Waals surface area contributed by atoms with E-state index in [-0.39, 0.29) is 6.61 Å². The molecule has 160 valence electrons. The van der Waals surface area contributed by atoms with Gasteiger partial charge in [-0.2, -0.15) is 0 Å². The lowest BCUT2D eigenvalue weighted by molar-refractivity contribution is 0.156.